The van der Waals surface area contributed by atoms with Crippen LogP contribution in [0.5, 0.6) is 11.6 Å². The van der Waals surface area contributed by atoms with Crippen molar-refractivity contribution in [3.05, 3.63) is 58.7 Å². The predicted molar refractivity (Wildman–Crippen MR) is 129 cm³/mol. The molecule has 0 saturated carbocycles. The number of unbranched alkanes of at least 4 members (excludes halogenated alkanes) is 1. The average molecular weight is 437 g/mol. The summed E-state index contributed by atoms with van der Waals surface area (Å²) in [6, 6.07) is 12.1. The van der Waals surface area contributed by atoms with Gasteiger partial charge >= 0.3 is 0 Å². The van der Waals surface area contributed by atoms with E-state index < -0.39 is 0 Å². The van der Waals surface area contributed by atoms with Crippen LogP contribution in [0.2, 0.25) is 0 Å². The van der Waals surface area contributed by atoms with Gasteiger partial charge in [0.05, 0.1) is 5.69 Å². The molecular weight excluding hydrogens is 404 g/mol. The average Bonchev–Trinajstić information content (AvgIpc) is 3.15. The summed E-state index contributed by atoms with van der Waals surface area (Å²) in [7, 11) is 0. The van der Waals surface area contributed by atoms with Crippen molar-refractivity contribution < 1.29 is 4.74 Å². The third kappa shape index (κ3) is 5.25. The molecular formula is C25H32N4OS. The zero-order valence-electron chi connectivity index (χ0n) is 18.9. The molecule has 1 N–H and O–H groups in total. The van der Waals surface area contributed by atoms with Gasteiger partial charge in [-0.1, -0.05) is 52.3 Å². The summed E-state index contributed by atoms with van der Waals surface area (Å²) in [4.78, 5) is 13.3. The van der Waals surface area contributed by atoms with Crippen molar-refractivity contribution >= 4 is 22.2 Å². The third-order valence-electron chi connectivity index (χ3n) is 5.55. The Morgan fingerprint density at radius 1 is 1.16 bits per heavy atom. The highest BCUT2D eigenvalue weighted by Crippen LogP contribution is 2.37. The standard InChI is InChI=1S/C25H32N4OS/c1-5-6-15-29-16-13-19-22(17-29)31-24(27-19)28-20-11-9-14-26-23(20)30-21-12-8-7-10-18(21)25(2,3)4/h7-12,14H,5-6,13,15-17H2,1-4H3,(H,27,28). The maximum absolute atomic E-state index is 6.30. The van der Waals surface area contributed by atoms with Crippen molar-refractivity contribution in [1.82, 2.24) is 14.9 Å². The number of thiazole rings is 1. The Labute approximate surface area is 189 Å². The van der Waals surface area contributed by atoms with E-state index in [-0.39, 0.29) is 5.41 Å². The molecule has 1 aliphatic heterocycles. The minimum atomic E-state index is -0.0169. The van der Waals surface area contributed by atoms with E-state index >= 15 is 0 Å². The molecule has 0 atom stereocenters. The van der Waals surface area contributed by atoms with Crippen molar-refractivity contribution in [2.45, 2.75) is 58.9 Å². The lowest BCUT2D eigenvalue weighted by molar-refractivity contribution is 0.252. The van der Waals surface area contributed by atoms with E-state index in [4.69, 9.17) is 9.72 Å². The maximum atomic E-state index is 6.30. The van der Waals surface area contributed by atoms with Crippen LogP contribution < -0.4 is 10.1 Å². The van der Waals surface area contributed by atoms with Crippen molar-refractivity contribution in [3.8, 4) is 11.6 Å². The third-order valence-corrected chi connectivity index (χ3v) is 6.55. The predicted octanol–water partition coefficient (Wildman–Crippen LogP) is 6.53. The number of hydrogen-bond donors (Lipinski definition) is 1. The first kappa shape index (κ1) is 21.8. The number of nitrogens with one attached hydrogen (secondary N) is 1. The van der Waals surface area contributed by atoms with Gasteiger partial charge in [0, 0.05) is 36.1 Å². The fraction of sp³-hybridized carbons (Fsp3) is 0.440. The van der Waals surface area contributed by atoms with E-state index in [2.05, 4.69) is 55.0 Å². The maximum Gasteiger partial charge on any atom is 0.243 e. The highest BCUT2D eigenvalue weighted by Gasteiger charge is 2.22. The summed E-state index contributed by atoms with van der Waals surface area (Å²) in [5.74, 6) is 1.40. The van der Waals surface area contributed by atoms with Crippen LogP contribution in [0.4, 0.5) is 10.8 Å². The minimum Gasteiger partial charge on any atom is -0.437 e. The molecule has 3 aromatic rings. The summed E-state index contributed by atoms with van der Waals surface area (Å²) in [6.45, 7) is 12.1. The van der Waals surface area contributed by atoms with E-state index in [9.17, 15) is 0 Å². The Bertz CT molecular complexity index is 1020. The number of hydrogen-bond acceptors (Lipinski definition) is 6. The van der Waals surface area contributed by atoms with Crippen LogP contribution in [0.25, 0.3) is 0 Å². The lowest BCUT2D eigenvalue weighted by atomic mass is 9.86. The first-order valence-electron chi connectivity index (χ1n) is 11.1. The summed E-state index contributed by atoms with van der Waals surface area (Å²) in [5.41, 5.74) is 3.20. The molecule has 0 unspecified atom stereocenters. The molecule has 0 spiro atoms. The Hall–Kier alpha value is -2.44. The zero-order valence-corrected chi connectivity index (χ0v) is 19.8. The summed E-state index contributed by atoms with van der Waals surface area (Å²) in [5, 5.41) is 4.37. The smallest absolute Gasteiger partial charge is 0.243 e. The molecule has 2 aromatic heterocycles. The first-order valence-corrected chi connectivity index (χ1v) is 12.0. The van der Waals surface area contributed by atoms with Gasteiger partial charge in [-0.3, -0.25) is 4.90 Å². The SMILES string of the molecule is CCCCN1CCc2nc(Nc3cccnc3Oc3ccccc3C(C)(C)C)sc2C1. The van der Waals surface area contributed by atoms with E-state index in [0.717, 1.165) is 41.6 Å². The molecule has 164 valence electrons. The van der Waals surface area contributed by atoms with Crippen molar-refractivity contribution in [3.63, 3.8) is 0 Å². The van der Waals surface area contributed by atoms with Gasteiger partial charge < -0.3 is 10.1 Å². The number of rotatable bonds is 7. The first-order chi connectivity index (χ1) is 14.9. The van der Waals surface area contributed by atoms with E-state index in [0.29, 0.717) is 5.88 Å². The Morgan fingerprint density at radius 3 is 2.81 bits per heavy atom. The second-order valence-corrected chi connectivity index (χ2v) is 10.2. The van der Waals surface area contributed by atoms with Crippen molar-refractivity contribution in [1.29, 1.82) is 0 Å². The summed E-state index contributed by atoms with van der Waals surface area (Å²) >= 11 is 1.74. The molecule has 1 aromatic carbocycles. The fourth-order valence-corrected chi connectivity index (χ4v) is 4.90. The number of aromatic nitrogens is 2. The Morgan fingerprint density at radius 2 is 2.00 bits per heavy atom. The lowest BCUT2D eigenvalue weighted by Crippen LogP contribution is -2.30. The number of benzene rings is 1. The second-order valence-electron chi connectivity index (χ2n) is 9.10. The van der Waals surface area contributed by atoms with E-state index in [1.54, 1.807) is 17.5 Å². The molecule has 1 aliphatic rings. The lowest BCUT2D eigenvalue weighted by Gasteiger charge is -2.25. The van der Waals surface area contributed by atoms with Crippen LogP contribution in [-0.4, -0.2) is 28.0 Å². The van der Waals surface area contributed by atoms with Gasteiger partial charge in [-0.05, 0) is 36.6 Å². The molecule has 0 fully saturated rings. The van der Waals surface area contributed by atoms with Crippen LogP contribution in [0.15, 0.2) is 42.6 Å². The quantitative estimate of drug-likeness (QED) is 0.456. The molecule has 31 heavy (non-hydrogen) atoms. The Balaban J connectivity index is 1.53. The van der Waals surface area contributed by atoms with Gasteiger partial charge in [0.25, 0.3) is 0 Å². The van der Waals surface area contributed by atoms with E-state index in [1.165, 1.54) is 30.0 Å². The monoisotopic (exact) mass is 436 g/mol. The topological polar surface area (TPSA) is 50.3 Å². The molecule has 0 bridgehead atoms. The fourth-order valence-electron chi connectivity index (χ4n) is 3.84. The molecule has 4 rings (SSSR count). The number of anilines is 2. The van der Waals surface area contributed by atoms with Crippen molar-refractivity contribution in [2.24, 2.45) is 0 Å². The van der Waals surface area contributed by atoms with E-state index in [1.807, 2.05) is 24.3 Å². The Kier molecular flexibility index (Phi) is 6.58. The van der Waals surface area contributed by atoms with Gasteiger partial charge in [0.15, 0.2) is 5.13 Å². The molecule has 0 saturated heterocycles. The van der Waals surface area contributed by atoms with Crippen LogP contribution >= 0.6 is 11.3 Å². The van der Waals surface area contributed by atoms with Gasteiger partial charge in [0.1, 0.15) is 11.4 Å². The number of para-hydroxylation sites is 1. The number of ether oxygens (including phenoxy) is 1. The van der Waals surface area contributed by atoms with Crippen molar-refractivity contribution in [2.75, 3.05) is 18.4 Å². The minimum absolute atomic E-state index is 0.0169. The molecule has 6 heteroatoms. The van der Waals surface area contributed by atoms with Crippen LogP contribution in [-0.2, 0) is 18.4 Å². The second kappa shape index (κ2) is 9.37. The highest BCUT2D eigenvalue weighted by atomic mass is 32.1. The molecule has 0 aliphatic carbocycles. The molecule has 0 amide bonds. The molecule has 5 nitrogen and oxygen atoms in total. The van der Waals surface area contributed by atoms with Crippen LogP contribution in [0.3, 0.4) is 0 Å². The largest absolute Gasteiger partial charge is 0.437 e. The summed E-state index contributed by atoms with van der Waals surface area (Å²) < 4.78 is 6.30. The number of nitrogens with zero attached hydrogens (tertiary/aromatic N) is 3. The molecule has 0 radical (unpaired) electrons. The molecule has 3 heterocycles. The summed E-state index contributed by atoms with van der Waals surface area (Å²) in [6.07, 6.45) is 5.28. The van der Waals surface area contributed by atoms with Crippen LogP contribution in [0, 0.1) is 0 Å². The number of pyridine rings is 1. The zero-order chi connectivity index (χ0) is 21.8. The van der Waals surface area contributed by atoms with Crippen LogP contribution in [0.1, 0.15) is 56.7 Å². The van der Waals surface area contributed by atoms with Gasteiger partial charge in [-0.15, -0.1) is 11.3 Å². The van der Waals surface area contributed by atoms with Gasteiger partial charge in [-0.25, -0.2) is 9.97 Å². The van der Waals surface area contributed by atoms with Gasteiger partial charge in [0.2, 0.25) is 5.88 Å². The normalized spacial score (nSPS) is 14.3. The highest BCUT2D eigenvalue weighted by molar-refractivity contribution is 7.15. The number of fused-ring (bicyclic) bond motifs is 1. The van der Waals surface area contributed by atoms with Gasteiger partial charge in [-0.2, -0.15) is 0 Å².